The molecule has 1 aliphatic heterocycles. The molecule has 0 spiro atoms. The summed E-state index contributed by atoms with van der Waals surface area (Å²) in [7, 11) is 0. The van der Waals surface area contributed by atoms with Gasteiger partial charge in [-0.3, -0.25) is 4.90 Å². The Labute approximate surface area is 122 Å². The van der Waals surface area contributed by atoms with Crippen LogP contribution in [0.2, 0.25) is 0 Å². The highest BCUT2D eigenvalue weighted by atomic mass is 79.9. The Balaban J connectivity index is 2.05. The van der Waals surface area contributed by atoms with E-state index in [0.717, 1.165) is 19.5 Å². The molecular weight excluding hydrogens is 311 g/mol. The molecule has 0 aliphatic carbocycles. The van der Waals surface area contributed by atoms with Crippen LogP contribution in [-0.2, 0) is 0 Å². The number of halogens is 2. The van der Waals surface area contributed by atoms with Gasteiger partial charge < -0.3 is 10.5 Å². The lowest BCUT2D eigenvalue weighted by atomic mass is 10.1. The Morgan fingerprint density at radius 1 is 1.42 bits per heavy atom. The number of nitrogens with two attached hydrogens (primary N) is 1. The molecule has 0 aromatic heterocycles. The summed E-state index contributed by atoms with van der Waals surface area (Å²) in [5, 5.41) is 0. The quantitative estimate of drug-likeness (QED) is 0.844. The van der Waals surface area contributed by atoms with Crippen LogP contribution < -0.4 is 10.5 Å². The van der Waals surface area contributed by atoms with Crippen molar-refractivity contribution in [2.24, 2.45) is 0 Å². The van der Waals surface area contributed by atoms with Gasteiger partial charge in [-0.2, -0.15) is 0 Å². The number of hydrogen-bond donors (Lipinski definition) is 1. The number of rotatable bonds is 2. The SMILES string of the molecule is CC(C)(C)N1CC[C@H](Oc2cc(Br)c(N)cc2F)C1. The highest BCUT2D eigenvalue weighted by molar-refractivity contribution is 9.10. The van der Waals surface area contributed by atoms with Crippen molar-refractivity contribution in [1.29, 1.82) is 0 Å². The van der Waals surface area contributed by atoms with E-state index in [2.05, 4.69) is 41.6 Å². The maximum atomic E-state index is 13.8. The summed E-state index contributed by atoms with van der Waals surface area (Å²) < 4.78 is 20.2. The van der Waals surface area contributed by atoms with Crippen LogP contribution in [0.5, 0.6) is 5.75 Å². The van der Waals surface area contributed by atoms with Gasteiger partial charge in [0.2, 0.25) is 0 Å². The number of nitrogens with zero attached hydrogens (tertiary/aromatic N) is 1. The van der Waals surface area contributed by atoms with Crippen LogP contribution in [0.1, 0.15) is 27.2 Å². The van der Waals surface area contributed by atoms with E-state index in [4.69, 9.17) is 10.5 Å². The Morgan fingerprint density at radius 3 is 2.68 bits per heavy atom. The van der Waals surface area contributed by atoms with E-state index in [1.165, 1.54) is 6.07 Å². The smallest absolute Gasteiger partial charge is 0.167 e. The van der Waals surface area contributed by atoms with Crippen molar-refractivity contribution in [2.45, 2.75) is 38.8 Å². The minimum absolute atomic E-state index is 0.0317. The first-order valence-corrected chi connectivity index (χ1v) is 7.23. The van der Waals surface area contributed by atoms with E-state index in [-0.39, 0.29) is 17.4 Å². The first-order chi connectivity index (χ1) is 8.77. The molecular formula is C14H20BrFN2O. The molecule has 0 unspecified atom stereocenters. The maximum Gasteiger partial charge on any atom is 0.167 e. The van der Waals surface area contributed by atoms with Crippen molar-refractivity contribution in [3.05, 3.63) is 22.4 Å². The number of ether oxygens (including phenoxy) is 1. The topological polar surface area (TPSA) is 38.5 Å². The fraction of sp³-hybridized carbons (Fsp3) is 0.571. The average molecular weight is 331 g/mol. The van der Waals surface area contributed by atoms with Crippen molar-refractivity contribution >= 4 is 21.6 Å². The van der Waals surface area contributed by atoms with Crippen LogP contribution in [0, 0.1) is 5.82 Å². The minimum atomic E-state index is -0.407. The molecule has 1 fully saturated rings. The van der Waals surface area contributed by atoms with Gasteiger partial charge >= 0.3 is 0 Å². The Bertz CT molecular complexity index is 473. The van der Waals surface area contributed by atoms with E-state index < -0.39 is 5.82 Å². The molecule has 2 rings (SSSR count). The molecule has 2 N–H and O–H groups in total. The summed E-state index contributed by atoms with van der Waals surface area (Å²) >= 11 is 3.29. The molecule has 19 heavy (non-hydrogen) atoms. The maximum absolute atomic E-state index is 13.8. The summed E-state index contributed by atoms with van der Waals surface area (Å²) in [6.45, 7) is 8.33. The highest BCUT2D eigenvalue weighted by Crippen LogP contribution is 2.30. The molecule has 0 bridgehead atoms. The first-order valence-electron chi connectivity index (χ1n) is 6.43. The molecule has 3 nitrogen and oxygen atoms in total. The monoisotopic (exact) mass is 330 g/mol. The largest absolute Gasteiger partial charge is 0.486 e. The van der Waals surface area contributed by atoms with Crippen LogP contribution in [-0.4, -0.2) is 29.6 Å². The fourth-order valence-corrected chi connectivity index (χ4v) is 2.57. The number of benzene rings is 1. The lowest BCUT2D eigenvalue weighted by molar-refractivity contribution is 0.138. The molecule has 1 aliphatic rings. The molecule has 0 amide bonds. The Hall–Kier alpha value is -0.810. The zero-order valence-electron chi connectivity index (χ0n) is 11.5. The lowest BCUT2D eigenvalue weighted by Crippen LogP contribution is -2.40. The summed E-state index contributed by atoms with van der Waals surface area (Å²) in [5.74, 6) is -0.142. The van der Waals surface area contributed by atoms with Crippen LogP contribution in [0.3, 0.4) is 0 Å². The molecule has 1 heterocycles. The normalized spacial score (nSPS) is 20.8. The molecule has 5 heteroatoms. The predicted octanol–water partition coefficient (Wildman–Crippen LogP) is 3.42. The second kappa shape index (κ2) is 5.29. The zero-order chi connectivity index (χ0) is 14.2. The van der Waals surface area contributed by atoms with Gasteiger partial charge in [-0.1, -0.05) is 0 Å². The molecule has 0 saturated carbocycles. The summed E-state index contributed by atoms with van der Waals surface area (Å²) in [6, 6.07) is 2.89. The Kier molecular flexibility index (Phi) is 4.06. The highest BCUT2D eigenvalue weighted by Gasteiger charge is 2.31. The molecule has 1 atom stereocenters. The average Bonchev–Trinajstić information content (AvgIpc) is 2.74. The van der Waals surface area contributed by atoms with E-state index >= 15 is 0 Å². The van der Waals surface area contributed by atoms with Crippen molar-refractivity contribution in [3.8, 4) is 5.75 Å². The third kappa shape index (κ3) is 3.39. The predicted molar refractivity (Wildman–Crippen MR) is 78.9 cm³/mol. The van der Waals surface area contributed by atoms with Crippen molar-refractivity contribution in [3.63, 3.8) is 0 Å². The van der Waals surface area contributed by atoms with Gasteiger partial charge in [0.05, 0.1) is 0 Å². The molecule has 0 radical (unpaired) electrons. The summed E-state index contributed by atoms with van der Waals surface area (Å²) in [5.41, 5.74) is 6.13. The van der Waals surface area contributed by atoms with Crippen LogP contribution in [0.15, 0.2) is 16.6 Å². The van der Waals surface area contributed by atoms with E-state index in [1.54, 1.807) is 6.07 Å². The van der Waals surface area contributed by atoms with Gasteiger partial charge in [-0.15, -0.1) is 0 Å². The van der Waals surface area contributed by atoms with Gasteiger partial charge in [-0.25, -0.2) is 4.39 Å². The summed E-state index contributed by atoms with van der Waals surface area (Å²) in [4.78, 5) is 2.35. The van der Waals surface area contributed by atoms with Gasteiger partial charge in [-0.05, 0) is 49.2 Å². The van der Waals surface area contributed by atoms with Gasteiger partial charge in [0.15, 0.2) is 11.6 Å². The van der Waals surface area contributed by atoms with E-state index in [9.17, 15) is 4.39 Å². The number of likely N-dealkylation sites (tertiary alicyclic amines) is 1. The van der Waals surface area contributed by atoms with E-state index in [0.29, 0.717) is 10.2 Å². The second-order valence-electron chi connectivity index (χ2n) is 5.95. The first kappa shape index (κ1) is 14.6. The molecule has 1 aromatic rings. The van der Waals surface area contributed by atoms with Crippen molar-refractivity contribution in [1.82, 2.24) is 4.90 Å². The van der Waals surface area contributed by atoms with Gasteiger partial charge in [0.25, 0.3) is 0 Å². The number of nitrogen functional groups attached to an aromatic ring is 1. The lowest BCUT2D eigenvalue weighted by Gasteiger charge is -2.31. The van der Waals surface area contributed by atoms with Crippen molar-refractivity contribution in [2.75, 3.05) is 18.8 Å². The summed E-state index contributed by atoms with van der Waals surface area (Å²) in [6.07, 6.45) is 0.947. The second-order valence-corrected chi connectivity index (χ2v) is 6.80. The van der Waals surface area contributed by atoms with Crippen molar-refractivity contribution < 1.29 is 9.13 Å². The molecule has 1 aromatic carbocycles. The van der Waals surface area contributed by atoms with Crippen LogP contribution in [0.25, 0.3) is 0 Å². The molecule has 1 saturated heterocycles. The molecule has 106 valence electrons. The Morgan fingerprint density at radius 2 is 2.11 bits per heavy atom. The minimum Gasteiger partial charge on any atom is -0.486 e. The van der Waals surface area contributed by atoms with Crippen LogP contribution in [0.4, 0.5) is 10.1 Å². The van der Waals surface area contributed by atoms with Crippen LogP contribution >= 0.6 is 15.9 Å². The van der Waals surface area contributed by atoms with E-state index in [1.807, 2.05) is 0 Å². The zero-order valence-corrected chi connectivity index (χ0v) is 13.1. The third-order valence-corrected chi connectivity index (χ3v) is 4.13. The standard InChI is InChI=1S/C14H20BrFN2O/c1-14(2,3)18-5-4-9(8-18)19-13-6-10(15)12(17)7-11(13)16/h6-7,9H,4-5,8,17H2,1-3H3/t9-/m0/s1. The van der Waals surface area contributed by atoms with Gasteiger partial charge in [0, 0.05) is 34.9 Å². The van der Waals surface area contributed by atoms with Gasteiger partial charge in [0.1, 0.15) is 6.10 Å². The number of anilines is 1. The third-order valence-electron chi connectivity index (χ3n) is 3.44. The fourth-order valence-electron chi connectivity index (χ4n) is 2.25. The number of hydrogen-bond acceptors (Lipinski definition) is 3.